The van der Waals surface area contributed by atoms with E-state index in [1.54, 1.807) is 0 Å². The van der Waals surface area contributed by atoms with Crippen LogP contribution in [-0.2, 0) is 10.0 Å². The smallest absolute Gasteiger partial charge is 0.212 e. The maximum Gasteiger partial charge on any atom is 0.212 e. The molecule has 0 bridgehead atoms. The van der Waals surface area contributed by atoms with Crippen LogP contribution in [0.25, 0.3) is 0 Å². The van der Waals surface area contributed by atoms with Gasteiger partial charge in [0.25, 0.3) is 0 Å². The minimum Gasteiger partial charge on any atom is -0.396 e. The lowest BCUT2D eigenvalue weighted by molar-refractivity contribution is 0.127. The maximum absolute atomic E-state index is 12.0. The molecule has 0 spiro atoms. The van der Waals surface area contributed by atoms with Crippen LogP contribution in [0.5, 0.6) is 0 Å². The van der Waals surface area contributed by atoms with E-state index in [1.807, 2.05) is 20.8 Å². The Morgan fingerprint density at radius 1 is 1.53 bits per heavy atom. The first-order valence-corrected chi connectivity index (χ1v) is 8.09. The summed E-state index contributed by atoms with van der Waals surface area (Å²) in [7, 11) is -3.22. The first kappa shape index (κ1) is 14.9. The first-order valence-electron chi connectivity index (χ1n) is 6.44. The molecule has 1 saturated carbocycles. The van der Waals surface area contributed by atoms with E-state index < -0.39 is 10.0 Å². The van der Waals surface area contributed by atoms with Crippen LogP contribution in [-0.4, -0.2) is 31.9 Å². The molecule has 2 N–H and O–H groups in total. The van der Waals surface area contributed by atoms with Crippen molar-refractivity contribution >= 4 is 10.0 Å². The summed E-state index contributed by atoms with van der Waals surface area (Å²) in [6.07, 6.45) is 3.56. The molecule has 1 rings (SSSR count). The summed E-state index contributed by atoms with van der Waals surface area (Å²) in [6, 6.07) is -0.110. The lowest BCUT2D eigenvalue weighted by atomic mass is 9.86. The fraction of sp³-hybridized carbons (Fsp3) is 1.00. The summed E-state index contributed by atoms with van der Waals surface area (Å²) in [5, 5.41) is 9.39. The van der Waals surface area contributed by atoms with E-state index in [2.05, 4.69) is 4.72 Å². The summed E-state index contributed by atoms with van der Waals surface area (Å²) < 4.78 is 26.7. The molecule has 0 saturated heterocycles. The third-order valence-electron chi connectivity index (χ3n) is 3.97. The van der Waals surface area contributed by atoms with Crippen molar-refractivity contribution in [2.75, 3.05) is 12.4 Å². The summed E-state index contributed by atoms with van der Waals surface area (Å²) in [4.78, 5) is 0. The number of sulfonamides is 1. The molecule has 4 nitrogen and oxygen atoms in total. The molecule has 102 valence electrons. The third-order valence-corrected chi connectivity index (χ3v) is 5.62. The number of hydrogen-bond acceptors (Lipinski definition) is 3. The highest BCUT2D eigenvalue weighted by Gasteiger charge is 2.40. The molecule has 0 aromatic carbocycles. The van der Waals surface area contributed by atoms with E-state index in [0.29, 0.717) is 0 Å². The molecule has 17 heavy (non-hydrogen) atoms. The molecule has 1 aliphatic rings. The lowest BCUT2D eigenvalue weighted by Crippen LogP contribution is -2.46. The third kappa shape index (κ3) is 3.93. The van der Waals surface area contributed by atoms with Gasteiger partial charge in [0.05, 0.1) is 5.75 Å². The van der Waals surface area contributed by atoms with Crippen molar-refractivity contribution < 1.29 is 13.5 Å². The lowest BCUT2D eigenvalue weighted by Gasteiger charge is -2.30. The molecule has 0 aliphatic heterocycles. The van der Waals surface area contributed by atoms with Gasteiger partial charge in [-0.2, -0.15) is 0 Å². The van der Waals surface area contributed by atoms with Gasteiger partial charge in [0.15, 0.2) is 0 Å². The van der Waals surface area contributed by atoms with Crippen LogP contribution in [0.2, 0.25) is 0 Å². The summed E-state index contributed by atoms with van der Waals surface area (Å²) in [5.41, 5.74) is -0.289. The van der Waals surface area contributed by atoms with Crippen LogP contribution >= 0.6 is 0 Å². The minimum atomic E-state index is -3.22. The van der Waals surface area contributed by atoms with Gasteiger partial charge in [-0.3, -0.25) is 0 Å². The first-order chi connectivity index (χ1) is 7.83. The van der Waals surface area contributed by atoms with Gasteiger partial charge < -0.3 is 5.11 Å². The molecule has 0 radical (unpaired) electrons. The molecule has 0 amide bonds. The van der Waals surface area contributed by atoms with Crippen molar-refractivity contribution in [3.05, 3.63) is 0 Å². The number of aliphatic hydroxyl groups excluding tert-OH is 1. The fourth-order valence-corrected chi connectivity index (χ4v) is 4.30. The largest absolute Gasteiger partial charge is 0.396 e. The average Bonchev–Trinajstić information content (AvgIpc) is 2.59. The Morgan fingerprint density at radius 2 is 2.18 bits per heavy atom. The van der Waals surface area contributed by atoms with Gasteiger partial charge in [-0.1, -0.05) is 33.6 Å². The van der Waals surface area contributed by atoms with Gasteiger partial charge in [0.2, 0.25) is 10.0 Å². The van der Waals surface area contributed by atoms with Crippen molar-refractivity contribution in [3.63, 3.8) is 0 Å². The van der Waals surface area contributed by atoms with Gasteiger partial charge in [0.1, 0.15) is 0 Å². The van der Waals surface area contributed by atoms with E-state index in [0.717, 1.165) is 25.7 Å². The van der Waals surface area contributed by atoms with Crippen molar-refractivity contribution in [3.8, 4) is 0 Å². The summed E-state index contributed by atoms with van der Waals surface area (Å²) in [5.74, 6) is 0.357. The predicted molar refractivity (Wildman–Crippen MR) is 69.2 cm³/mol. The van der Waals surface area contributed by atoms with Crippen LogP contribution in [0, 0.1) is 11.3 Å². The number of rotatable bonds is 6. The van der Waals surface area contributed by atoms with Crippen LogP contribution in [0.15, 0.2) is 0 Å². The van der Waals surface area contributed by atoms with Crippen molar-refractivity contribution in [2.24, 2.45) is 11.3 Å². The van der Waals surface area contributed by atoms with Gasteiger partial charge >= 0.3 is 0 Å². The molecule has 3 unspecified atom stereocenters. The Morgan fingerprint density at radius 3 is 2.71 bits per heavy atom. The topological polar surface area (TPSA) is 66.4 Å². The molecule has 0 heterocycles. The second-order valence-corrected chi connectivity index (χ2v) is 7.47. The fourth-order valence-electron chi connectivity index (χ4n) is 2.38. The second-order valence-electron chi connectivity index (χ2n) is 5.67. The number of aliphatic hydroxyl groups is 1. The van der Waals surface area contributed by atoms with E-state index in [4.69, 9.17) is 0 Å². The number of nitrogens with one attached hydrogen (secondary N) is 1. The second kappa shape index (κ2) is 5.67. The van der Waals surface area contributed by atoms with Crippen LogP contribution in [0.4, 0.5) is 0 Å². The SMILES string of the molecule is CCC(C)CS(=O)(=O)NC1CCCC1(C)CO. The van der Waals surface area contributed by atoms with Crippen molar-refractivity contribution in [1.29, 1.82) is 0 Å². The van der Waals surface area contributed by atoms with E-state index in [9.17, 15) is 13.5 Å². The van der Waals surface area contributed by atoms with E-state index >= 15 is 0 Å². The highest BCUT2D eigenvalue weighted by Crippen LogP contribution is 2.37. The molecular formula is C12H25NO3S. The average molecular weight is 263 g/mol. The monoisotopic (exact) mass is 263 g/mol. The van der Waals surface area contributed by atoms with Crippen LogP contribution < -0.4 is 4.72 Å². The molecule has 1 aliphatic carbocycles. The zero-order valence-electron chi connectivity index (χ0n) is 11.1. The molecule has 0 aromatic rings. The standard InChI is InChI=1S/C12H25NO3S/c1-4-10(2)8-17(15,16)13-11-6-5-7-12(11,3)9-14/h10-11,13-14H,4-9H2,1-3H3. The molecule has 1 fully saturated rings. The van der Waals surface area contributed by atoms with Gasteiger partial charge in [-0.05, 0) is 18.8 Å². The van der Waals surface area contributed by atoms with Crippen LogP contribution in [0.1, 0.15) is 46.5 Å². The van der Waals surface area contributed by atoms with Crippen LogP contribution in [0.3, 0.4) is 0 Å². The van der Waals surface area contributed by atoms with Gasteiger partial charge in [-0.25, -0.2) is 13.1 Å². The normalized spacial score (nSPS) is 31.6. The summed E-state index contributed by atoms with van der Waals surface area (Å²) >= 11 is 0. The van der Waals surface area contributed by atoms with Gasteiger partial charge in [0, 0.05) is 18.1 Å². The zero-order chi connectivity index (χ0) is 13.1. The number of hydrogen-bond donors (Lipinski definition) is 2. The van der Waals surface area contributed by atoms with Crippen molar-refractivity contribution in [1.82, 2.24) is 4.72 Å². The quantitative estimate of drug-likeness (QED) is 0.763. The minimum absolute atomic E-state index is 0.0452. The maximum atomic E-state index is 12.0. The Kier molecular flexibility index (Phi) is 4.98. The highest BCUT2D eigenvalue weighted by atomic mass is 32.2. The Labute approximate surface area is 105 Å². The Hall–Kier alpha value is -0.130. The molecule has 5 heteroatoms. The Balaban J connectivity index is 2.64. The highest BCUT2D eigenvalue weighted by molar-refractivity contribution is 7.89. The van der Waals surface area contributed by atoms with E-state index in [1.165, 1.54) is 0 Å². The summed E-state index contributed by atoms with van der Waals surface area (Å²) in [6.45, 7) is 5.94. The predicted octanol–water partition coefficient (Wildman–Crippen LogP) is 1.50. The van der Waals surface area contributed by atoms with E-state index in [-0.39, 0.29) is 29.7 Å². The zero-order valence-corrected chi connectivity index (χ0v) is 11.9. The van der Waals surface area contributed by atoms with Crippen molar-refractivity contribution in [2.45, 2.75) is 52.5 Å². The molecular weight excluding hydrogens is 238 g/mol. The molecule has 3 atom stereocenters. The molecule has 0 aromatic heterocycles. The van der Waals surface area contributed by atoms with Gasteiger partial charge in [-0.15, -0.1) is 0 Å². The Bertz CT molecular complexity index is 342.